The van der Waals surface area contributed by atoms with Crippen molar-refractivity contribution in [3.63, 3.8) is 0 Å². The van der Waals surface area contributed by atoms with E-state index in [0.717, 1.165) is 38.9 Å². The Morgan fingerprint density at radius 3 is 2.16 bits per heavy atom. The predicted molar refractivity (Wildman–Crippen MR) is 106 cm³/mol. The number of hydrogen-bond acceptors (Lipinski definition) is 3. The molecule has 0 saturated carbocycles. The first kappa shape index (κ1) is 19.6. The molecule has 0 aliphatic carbocycles. The van der Waals surface area contributed by atoms with Gasteiger partial charge in [0, 0.05) is 26.4 Å². The van der Waals surface area contributed by atoms with Gasteiger partial charge in [-0.2, -0.15) is 0 Å². The van der Waals surface area contributed by atoms with Gasteiger partial charge in [0.2, 0.25) is 0 Å². The zero-order chi connectivity index (χ0) is 18.2. The van der Waals surface area contributed by atoms with Crippen LogP contribution in [0.5, 0.6) is 0 Å². The molecule has 0 spiro atoms. The third-order valence-electron chi connectivity index (χ3n) is 3.92. The summed E-state index contributed by atoms with van der Waals surface area (Å²) in [7, 11) is -0.988. The summed E-state index contributed by atoms with van der Waals surface area (Å²) in [6.45, 7) is 3.00. The molecule has 2 rings (SSSR count). The first-order valence-corrected chi connectivity index (χ1v) is 10.3. The summed E-state index contributed by atoms with van der Waals surface area (Å²) in [6.07, 6.45) is 3.29. The summed E-state index contributed by atoms with van der Waals surface area (Å²) in [4.78, 5) is 11.1. The van der Waals surface area contributed by atoms with E-state index in [2.05, 4.69) is 35.0 Å². The van der Waals surface area contributed by atoms with E-state index in [1.54, 1.807) is 6.26 Å². The second-order valence-electron chi connectivity index (χ2n) is 5.71. The summed E-state index contributed by atoms with van der Waals surface area (Å²) in [5, 5.41) is 0. The van der Waals surface area contributed by atoms with Gasteiger partial charge in [-0.25, -0.2) is 0 Å². The first-order chi connectivity index (χ1) is 12.0. The smallest absolute Gasteiger partial charge is 0.293 e. The molecule has 0 heterocycles. The Balaban J connectivity index is 2.38. The van der Waals surface area contributed by atoms with Gasteiger partial charge in [0.05, 0.1) is 6.61 Å². The summed E-state index contributed by atoms with van der Waals surface area (Å²) in [6, 6.07) is 16.0. The van der Waals surface area contributed by atoms with Crippen LogP contribution in [0.15, 0.2) is 63.5 Å². The molecule has 5 heteroatoms. The molecule has 0 aromatic heterocycles. The highest BCUT2D eigenvalue weighted by molar-refractivity contribution is 9.10. The van der Waals surface area contributed by atoms with Crippen LogP contribution in [0.25, 0.3) is 5.57 Å². The van der Waals surface area contributed by atoms with Gasteiger partial charge in [0.25, 0.3) is 6.47 Å². The molecule has 0 radical (unpaired) electrons. The number of allylic oxidation sites excluding steroid dienone is 1. The number of halogens is 1. The van der Waals surface area contributed by atoms with Gasteiger partial charge in [-0.3, -0.25) is 9.00 Å². The fraction of sp³-hybridized carbons (Fsp3) is 0.250. The summed E-state index contributed by atoms with van der Waals surface area (Å²) < 4.78 is 17.4. The second kappa shape index (κ2) is 9.68. The zero-order valence-electron chi connectivity index (χ0n) is 14.3. The van der Waals surface area contributed by atoms with Crippen LogP contribution in [-0.2, 0) is 20.3 Å². The van der Waals surface area contributed by atoms with Crippen molar-refractivity contribution < 1.29 is 13.7 Å². The van der Waals surface area contributed by atoms with E-state index < -0.39 is 10.8 Å². The maximum absolute atomic E-state index is 11.6. The molecule has 0 N–H and O–H groups in total. The Morgan fingerprint density at radius 2 is 1.64 bits per heavy atom. The van der Waals surface area contributed by atoms with Gasteiger partial charge in [-0.05, 0) is 60.7 Å². The molecule has 0 saturated heterocycles. The fourth-order valence-electron chi connectivity index (χ4n) is 2.68. The Hall–Kier alpha value is -1.72. The third-order valence-corrected chi connectivity index (χ3v) is 5.38. The van der Waals surface area contributed by atoms with Crippen LogP contribution in [0.4, 0.5) is 0 Å². The highest BCUT2D eigenvalue weighted by Crippen LogP contribution is 2.30. The normalized spacial score (nSPS) is 13.1. The van der Waals surface area contributed by atoms with E-state index >= 15 is 0 Å². The molecule has 25 heavy (non-hydrogen) atoms. The van der Waals surface area contributed by atoms with Gasteiger partial charge < -0.3 is 4.74 Å². The summed E-state index contributed by atoms with van der Waals surface area (Å²) >= 11 is 3.47. The molecule has 0 aliphatic rings. The van der Waals surface area contributed by atoms with Crippen molar-refractivity contribution in [1.82, 2.24) is 0 Å². The van der Waals surface area contributed by atoms with Crippen molar-refractivity contribution >= 4 is 38.8 Å². The van der Waals surface area contributed by atoms with Crippen LogP contribution in [0.2, 0.25) is 0 Å². The lowest BCUT2D eigenvalue weighted by Gasteiger charge is -2.14. The molecule has 132 valence electrons. The van der Waals surface area contributed by atoms with Crippen molar-refractivity contribution in [1.29, 1.82) is 0 Å². The van der Waals surface area contributed by atoms with Crippen LogP contribution in [-0.4, -0.2) is 23.5 Å². The quantitative estimate of drug-likeness (QED) is 0.447. The molecular weight excluding hydrogens is 400 g/mol. The molecule has 2 aromatic rings. The average Bonchev–Trinajstić information content (AvgIpc) is 2.61. The van der Waals surface area contributed by atoms with Crippen LogP contribution in [0, 0.1) is 0 Å². The number of carbonyl (C=O) groups is 1. The van der Waals surface area contributed by atoms with Gasteiger partial charge in [-0.1, -0.05) is 45.8 Å². The first-order valence-electron chi connectivity index (χ1n) is 7.97. The van der Waals surface area contributed by atoms with Gasteiger partial charge in [-0.15, -0.1) is 0 Å². The molecule has 0 bridgehead atoms. The average molecular weight is 421 g/mol. The largest absolute Gasteiger partial charge is 0.468 e. The lowest BCUT2D eigenvalue weighted by Crippen LogP contribution is -1.97. The minimum Gasteiger partial charge on any atom is -0.468 e. The topological polar surface area (TPSA) is 43.4 Å². The maximum Gasteiger partial charge on any atom is 0.293 e. The SMILES string of the molecule is C/C(CCCOC=O)=C(\c1ccc(Br)cc1)c1ccc(S(C)=O)cc1. The van der Waals surface area contributed by atoms with Crippen molar-refractivity contribution in [2.24, 2.45) is 0 Å². The van der Waals surface area contributed by atoms with Crippen molar-refractivity contribution in [3.8, 4) is 0 Å². The lowest BCUT2D eigenvalue weighted by atomic mass is 9.92. The number of ether oxygens (including phenoxy) is 1. The molecule has 0 fully saturated rings. The van der Waals surface area contributed by atoms with Crippen molar-refractivity contribution in [3.05, 3.63) is 69.7 Å². The number of hydrogen-bond donors (Lipinski definition) is 0. The molecule has 3 nitrogen and oxygen atoms in total. The van der Waals surface area contributed by atoms with Crippen molar-refractivity contribution in [2.75, 3.05) is 12.9 Å². The van der Waals surface area contributed by atoms with Crippen LogP contribution in [0.1, 0.15) is 30.9 Å². The minimum absolute atomic E-state index is 0.419. The van der Waals surface area contributed by atoms with E-state index in [9.17, 15) is 9.00 Å². The van der Waals surface area contributed by atoms with E-state index in [1.807, 2.05) is 36.4 Å². The molecule has 1 atom stereocenters. The molecular formula is C20H21BrO3S. The number of benzene rings is 2. The Morgan fingerprint density at radius 1 is 1.08 bits per heavy atom. The Labute approximate surface area is 159 Å². The fourth-order valence-corrected chi connectivity index (χ4v) is 3.47. The van der Waals surface area contributed by atoms with Gasteiger partial charge in [0.1, 0.15) is 0 Å². The molecule has 0 aliphatic heterocycles. The van der Waals surface area contributed by atoms with Gasteiger partial charge in [0.15, 0.2) is 0 Å². The minimum atomic E-state index is -0.988. The maximum atomic E-state index is 11.6. The second-order valence-corrected chi connectivity index (χ2v) is 8.01. The van der Waals surface area contributed by atoms with Crippen LogP contribution in [0.3, 0.4) is 0 Å². The van der Waals surface area contributed by atoms with E-state index in [0.29, 0.717) is 13.1 Å². The highest BCUT2D eigenvalue weighted by Gasteiger charge is 2.10. The lowest BCUT2D eigenvalue weighted by molar-refractivity contribution is -0.128. The monoisotopic (exact) mass is 420 g/mol. The van der Waals surface area contributed by atoms with Crippen LogP contribution < -0.4 is 0 Å². The molecule has 0 amide bonds. The van der Waals surface area contributed by atoms with E-state index in [1.165, 1.54) is 5.57 Å². The summed E-state index contributed by atoms with van der Waals surface area (Å²) in [5.41, 5.74) is 4.60. The number of carbonyl (C=O) groups excluding carboxylic acids is 1. The van der Waals surface area contributed by atoms with Crippen LogP contribution >= 0.6 is 15.9 Å². The van der Waals surface area contributed by atoms with E-state index in [-0.39, 0.29) is 0 Å². The standard InChI is InChI=1S/C20H21BrO3S/c1-15(4-3-13-24-14-22)20(16-5-9-18(21)10-6-16)17-7-11-19(12-8-17)25(2)23/h5-12,14H,3-4,13H2,1-2H3/b20-15-. The number of rotatable bonds is 8. The third kappa shape index (κ3) is 5.65. The van der Waals surface area contributed by atoms with E-state index in [4.69, 9.17) is 4.74 Å². The van der Waals surface area contributed by atoms with Gasteiger partial charge >= 0.3 is 0 Å². The van der Waals surface area contributed by atoms with Crippen molar-refractivity contribution in [2.45, 2.75) is 24.7 Å². The predicted octanol–water partition coefficient (Wildman–Crippen LogP) is 4.96. The Kier molecular flexibility index (Phi) is 7.59. The molecule has 2 aromatic carbocycles. The molecule has 1 unspecified atom stereocenters. The zero-order valence-corrected chi connectivity index (χ0v) is 16.7. The highest BCUT2D eigenvalue weighted by atomic mass is 79.9. The summed E-state index contributed by atoms with van der Waals surface area (Å²) in [5.74, 6) is 0. The Bertz CT molecular complexity index is 765.